The Morgan fingerprint density at radius 1 is 1.18 bits per heavy atom. The lowest BCUT2D eigenvalue weighted by atomic mass is 10.1. The van der Waals surface area contributed by atoms with Gasteiger partial charge in [0.05, 0.1) is 12.2 Å². The van der Waals surface area contributed by atoms with Gasteiger partial charge in [-0.1, -0.05) is 47.2 Å². The Hall–Kier alpha value is -3.03. The van der Waals surface area contributed by atoms with Gasteiger partial charge < -0.3 is 5.32 Å². The van der Waals surface area contributed by atoms with E-state index in [-0.39, 0.29) is 18.0 Å². The van der Waals surface area contributed by atoms with E-state index in [1.54, 1.807) is 24.3 Å². The second-order valence-corrected chi connectivity index (χ2v) is 7.58. The van der Waals surface area contributed by atoms with Crippen molar-refractivity contribution in [3.63, 3.8) is 0 Å². The highest BCUT2D eigenvalue weighted by atomic mass is 35.5. The van der Waals surface area contributed by atoms with Crippen LogP contribution in [0.4, 0.5) is 0 Å². The summed E-state index contributed by atoms with van der Waals surface area (Å²) >= 11 is 7.17. The van der Waals surface area contributed by atoms with Gasteiger partial charge in [0.15, 0.2) is 0 Å². The van der Waals surface area contributed by atoms with Crippen LogP contribution in [0.25, 0.3) is 15.5 Å². The number of fused-ring (bicyclic) bond motifs is 1. The Morgan fingerprint density at radius 2 is 1.93 bits per heavy atom. The summed E-state index contributed by atoms with van der Waals surface area (Å²) in [5.74, 6) is -0.261. The number of aromatic nitrogens is 3. The number of aryl methyl sites for hydroxylation is 1. The van der Waals surface area contributed by atoms with E-state index in [2.05, 4.69) is 15.4 Å². The third-order valence-corrected chi connectivity index (χ3v) is 5.40. The molecule has 4 rings (SSSR count). The summed E-state index contributed by atoms with van der Waals surface area (Å²) < 4.78 is 1.29. The molecule has 4 aromatic rings. The monoisotopic (exact) mass is 410 g/mol. The van der Waals surface area contributed by atoms with E-state index in [1.165, 1.54) is 21.9 Å². The van der Waals surface area contributed by atoms with E-state index in [1.807, 2.05) is 31.2 Å². The Bertz CT molecular complexity index is 1230. The van der Waals surface area contributed by atoms with E-state index >= 15 is 0 Å². The maximum atomic E-state index is 12.4. The van der Waals surface area contributed by atoms with Crippen molar-refractivity contribution in [3.05, 3.63) is 86.8 Å². The number of amides is 1. The lowest BCUT2D eigenvalue weighted by Gasteiger charge is -2.04. The van der Waals surface area contributed by atoms with Crippen LogP contribution in [0.15, 0.2) is 59.4 Å². The first-order valence-electron chi connectivity index (χ1n) is 8.51. The van der Waals surface area contributed by atoms with Crippen LogP contribution in [-0.4, -0.2) is 20.5 Å². The summed E-state index contributed by atoms with van der Waals surface area (Å²) in [6.45, 7) is 2.14. The molecule has 0 aliphatic heterocycles. The molecule has 0 fully saturated rings. The first-order chi connectivity index (χ1) is 13.5. The molecule has 1 N–H and O–H groups in total. The number of benzene rings is 2. The molecule has 2 aromatic heterocycles. The summed E-state index contributed by atoms with van der Waals surface area (Å²) in [6, 6.07) is 15.8. The molecule has 0 spiro atoms. The Morgan fingerprint density at radius 3 is 2.68 bits per heavy atom. The van der Waals surface area contributed by atoms with Gasteiger partial charge >= 0.3 is 0 Å². The Kier molecular flexibility index (Phi) is 4.93. The largest absolute Gasteiger partial charge is 0.346 e. The fourth-order valence-electron chi connectivity index (χ4n) is 2.74. The molecule has 8 heteroatoms. The average molecular weight is 411 g/mol. The summed E-state index contributed by atoms with van der Waals surface area (Å²) in [7, 11) is 0. The van der Waals surface area contributed by atoms with Crippen molar-refractivity contribution in [2.24, 2.45) is 0 Å². The van der Waals surface area contributed by atoms with E-state index < -0.39 is 0 Å². The van der Waals surface area contributed by atoms with Gasteiger partial charge in [-0.05, 0) is 36.8 Å². The van der Waals surface area contributed by atoms with Gasteiger partial charge in [-0.2, -0.15) is 9.61 Å². The van der Waals surface area contributed by atoms with Crippen molar-refractivity contribution in [3.8, 4) is 10.6 Å². The van der Waals surface area contributed by atoms with Crippen molar-refractivity contribution in [2.45, 2.75) is 13.5 Å². The second kappa shape index (κ2) is 7.53. The van der Waals surface area contributed by atoms with Gasteiger partial charge in [-0.15, -0.1) is 0 Å². The molecule has 0 unspecified atom stereocenters. The van der Waals surface area contributed by atoms with Crippen molar-refractivity contribution in [2.75, 3.05) is 0 Å². The molecule has 1 amide bonds. The minimum absolute atomic E-state index is 0.144. The van der Waals surface area contributed by atoms with Crippen LogP contribution < -0.4 is 10.9 Å². The predicted octanol–water partition coefficient (Wildman–Crippen LogP) is 3.71. The molecule has 2 aromatic carbocycles. The van der Waals surface area contributed by atoms with Gasteiger partial charge in [0.25, 0.3) is 11.5 Å². The van der Waals surface area contributed by atoms with Gasteiger partial charge in [-0.3, -0.25) is 9.59 Å². The van der Waals surface area contributed by atoms with Crippen LogP contribution in [0.3, 0.4) is 0 Å². The van der Waals surface area contributed by atoms with E-state index in [4.69, 9.17) is 11.6 Å². The quantitative estimate of drug-likeness (QED) is 0.556. The standard InChI is InChI=1S/C20H15ClN4O2S/c1-12-4-2-3-5-16(12)19-24-25-17(26)10-15(23-20(25)28-19)11-22-18(27)13-6-8-14(21)9-7-13/h2-10H,11H2,1H3,(H,22,27). The van der Waals surface area contributed by atoms with Crippen LogP contribution >= 0.6 is 22.9 Å². The van der Waals surface area contributed by atoms with E-state index in [0.29, 0.717) is 21.2 Å². The number of rotatable bonds is 4. The molecule has 0 saturated carbocycles. The zero-order valence-electron chi connectivity index (χ0n) is 14.8. The fraction of sp³-hybridized carbons (Fsp3) is 0.100. The number of hydrogen-bond donors (Lipinski definition) is 1. The Balaban J connectivity index is 1.59. The minimum atomic E-state index is -0.281. The molecule has 6 nitrogen and oxygen atoms in total. The number of nitrogens with zero attached hydrogens (tertiary/aromatic N) is 3. The maximum Gasteiger partial charge on any atom is 0.275 e. The lowest BCUT2D eigenvalue weighted by Crippen LogP contribution is -2.25. The number of carbonyl (C=O) groups is 1. The third kappa shape index (κ3) is 3.67. The van der Waals surface area contributed by atoms with Crippen LogP contribution in [-0.2, 0) is 6.54 Å². The molecule has 140 valence electrons. The van der Waals surface area contributed by atoms with Crippen LogP contribution in [0.2, 0.25) is 5.02 Å². The van der Waals surface area contributed by atoms with Crippen molar-refractivity contribution in [1.29, 1.82) is 0 Å². The van der Waals surface area contributed by atoms with E-state index in [0.717, 1.165) is 16.1 Å². The molecule has 0 aliphatic carbocycles. The molecular weight excluding hydrogens is 396 g/mol. The summed E-state index contributed by atoms with van der Waals surface area (Å²) in [5.41, 5.74) is 2.73. The average Bonchev–Trinajstić information content (AvgIpc) is 3.11. The molecular formula is C20H15ClN4O2S. The smallest absolute Gasteiger partial charge is 0.275 e. The first-order valence-corrected chi connectivity index (χ1v) is 9.70. The predicted molar refractivity (Wildman–Crippen MR) is 110 cm³/mol. The number of halogens is 1. The zero-order valence-corrected chi connectivity index (χ0v) is 16.4. The minimum Gasteiger partial charge on any atom is -0.346 e. The molecule has 2 heterocycles. The maximum absolute atomic E-state index is 12.4. The van der Waals surface area contributed by atoms with Gasteiger partial charge in [0, 0.05) is 22.2 Å². The lowest BCUT2D eigenvalue weighted by molar-refractivity contribution is 0.0950. The number of nitrogens with one attached hydrogen (secondary N) is 1. The van der Waals surface area contributed by atoms with Gasteiger partial charge in [-0.25, -0.2) is 4.98 Å². The molecule has 0 aliphatic rings. The third-order valence-electron chi connectivity index (χ3n) is 4.21. The highest BCUT2D eigenvalue weighted by Crippen LogP contribution is 2.26. The summed E-state index contributed by atoms with van der Waals surface area (Å²) in [6.07, 6.45) is 0. The molecule has 0 atom stereocenters. The van der Waals surface area contributed by atoms with Crippen LogP contribution in [0, 0.1) is 6.92 Å². The van der Waals surface area contributed by atoms with Crippen LogP contribution in [0.1, 0.15) is 21.6 Å². The summed E-state index contributed by atoms with van der Waals surface area (Å²) in [4.78, 5) is 29.6. The van der Waals surface area contributed by atoms with Crippen molar-refractivity contribution < 1.29 is 4.79 Å². The molecule has 0 bridgehead atoms. The second-order valence-electron chi connectivity index (χ2n) is 6.19. The van der Waals surface area contributed by atoms with Gasteiger partial charge in [0.2, 0.25) is 4.96 Å². The van der Waals surface area contributed by atoms with Crippen molar-refractivity contribution in [1.82, 2.24) is 19.9 Å². The van der Waals surface area contributed by atoms with Crippen LogP contribution in [0.5, 0.6) is 0 Å². The number of hydrogen-bond acceptors (Lipinski definition) is 5. The topological polar surface area (TPSA) is 76.4 Å². The molecule has 0 radical (unpaired) electrons. The summed E-state index contributed by atoms with van der Waals surface area (Å²) in [5, 5.41) is 8.45. The Labute approximate surface area is 169 Å². The SMILES string of the molecule is Cc1ccccc1-c1nn2c(=O)cc(CNC(=O)c3ccc(Cl)cc3)nc2s1. The molecule has 0 saturated heterocycles. The highest BCUT2D eigenvalue weighted by Gasteiger charge is 2.13. The first kappa shape index (κ1) is 18.3. The van der Waals surface area contributed by atoms with E-state index in [9.17, 15) is 9.59 Å². The fourth-order valence-corrected chi connectivity index (χ4v) is 3.88. The zero-order chi connectivity index (χ0) is 19.7. The number of carbonyl (C=O) groups excluding carboxylic acids is 1. The van der Waals surface area contributed by atoms with Gasteiger partial charge in [0.1, 0.15) is 5.01 Å². The highest BCUT2D eigenvalue weighted by molar-refractivity contribution is 7.19. The normalized spacial score (nSPS) is 10.9. The molecule has 28 heavy (non-hydrogen) atoms. The van der Waals surface area contributed by atoms with Crippen molar-refractivity contribution >= 4 is 33.8 Å².